The van der Waals surface area contributed by atoms with Gasteiger partial charge in [-0.3, -0.25) is 14.4 Å². The summed E-state index contributed by atoms with van der Waals surface area (Å²) in [4.78, 5) is 42.1. The molecule has 3 fully saturated rings. The summed E-state index contributed by atoms with van der Waals surface area (Å²) in [6.45, 7) is 1.96. The number of amides is 2. The molecule has 0 N–H and O–H groups in total. The summed E-state index contributed by atoms with van der Waals surface area (Å²) in [7, 11) is 0. The summed E-state index contributed by atoms with van der Waals surface area (Å²) in [5, 5.41) is 2.34. The van der Waals surface area contributed by atoms with Crippen LogP contribution in [-0.2, 0) is 25.7 Å². The Morgan fingerprint density at radius 2 is 1.75 bits per heavy atom. The SMILES string of the molecule is O=C1CC(C(=O)N2CCC(=O)N(Cc3ccc4ccccc4c3)CC2)C2(CCCCC2)O1. The van der Waals surface area contributed by atoms with Crippen molar-refractivity contribution in [3.05, 3.63) is 48.0 Å². The van der Waals surface area contributed by atoms with Crippen molar-refractivity contribution in [2.75, 3.05) is 19.6 Å². The van der Waals surface area contributed by atoms with E-state index in [9.17, 15) is 14.4 Å². The van der Waals surface area contributed by atoms with Gasteiger partial charge in [-0.1, -0.05) is 42.8 Å². The monoisotopic (exact) mass is 434 g/mol. The molecular formula is C26H30N2O4. The molecule has 2 saturated heterocycles. The largest absolute Gasteiger partial charge is 0.458 e. The van der Waals surface area contributed by atoms with Gasteiger partial charge >= 0.3 is 5.97 Å². The molecule has 2 aliphatic heterocycles. The predicted octanol–water partition coefficient (Wildman–Crippen LogP) is 3.67. The number of hydrogen-bond acceptors (Lipinski definition) is 4. The van der Waals surface area contributed by atoms with Crippen molar-refractivity contribution in [2.45, 2.75) is 57.1 Å². The van der Waals surface area contributed by atoms with E-state index < -0.39 is 11.5 Å². The molecule has 2 aromatic rings. The third kappa shape index (κ3) is 3.98. The van der Waals surface area contributed by atoms with Gasteiger partial charge in [-0.2, -0.15) is 0 Å². The Morgan fingerprint density at radius 3 is 2.56 bits per heavy atom. The highest BCUT2D eigenvalue weighted by Gasteiger charge is 2.53. The number of benzene rings is 2. The third-order valence-electron chi connectivity index (χ3n) is 7.41. The second-order valence-corrected chi connectivity index (χ2v) is 9.43. The van der Waals surface area contributed by atoms with Gasteiger partial charge in [0, 0.05) is 32.6 Å². The van der Waals surface area contributed by atoms with Gasteiger partial charge in [-0.15, -0.1) is 0 Å². The normalized spacial score (nSPS) is 23.4. The van der Waals surface area contributed by atoms with Crippen LogP contribution in [-0.4, -0.2) is 52.8 Å². The first-order valence-electron chi connectivity index (χ1n) is 11.8. The second-order valence-electron chi connectivity index (χ2n) is 9.43. The number of carbonyl (C=O) groups is 3. The van der Waals surface area contributed by atoms with E-state index >= 15 is 0 Å². The second kappa shape index (κ2) is 8.57. The summed E-state index contributed by atoms with van der Waals surface area (Å²) in [6.07, 6.45) is 5.15. The average Bonchev–Trinajstić information content (AvgIpc) is 3.00. The maximum atomic E-state index is 13.5. The van der Waals surface area contributed by atoms with Gasteiger partial charge in [0.1, 0.15) is 5.60 Å². The van der Waals surface area contributed by atoms with Crippen LogP contribution in [0, 0.1) is 5.92 Å². The van der Waals surface area contributed by atoms with Crippen molar-refractivity contribution in [1.82, 2.24) is 9.80 Å². The molecule has 2 amide bonds. The highest BCUT2D eigenvalue weighted by molar-refractivity contribution is 5.89. The van der Waals surface area contributed by atoms with Gasteiger partial charge in [0.05, 0.1) is 12.3 Å². The molecule has 1 spiro atoms. The summed E-state index contributed by atoms with van der Waals surface area (Å²) >= 11 is 0. The zero-order chi connectivity index (χ0) is 22.1. The highest BCUT2D eigenvalue weighted by Crippen LogP contribution is 2.45. The van der Waals surface area contributed by atoms with Crippen molar-refractivity contribution in [3.8, 4) is 0 Å². The molecule has 0 aromatic heterocycles. The standard InChI is InChI=1S/C26H30N2O4/c29-23-10-13-27(25(31)22-17-24(30)32-26(22)11-4-1-5-12-26)14-15-28(23)18-19-8-9-20-6-2-3-7-21(20)16-19/h2-3,6-9,16,22H,1,4-5,10-15,17-18H2. The summed E-state index contributed by atoms with van der Waals surface area (Å²) in [6, 6.07) is 14.5. The maximum absolute atomic E-state index is 13.5. The lowest BCUT2D eigenvalue weighted by molar-refractivity contribution is -0.155. The molecule has 168 valence electrons. The minimum atomic E-state index is -0.618. The fourth-order valence-corrected chi connectivity index (χ4v) is 5.64. The van der Waals surface area contributed by atoms with Crippen LogP contribution in [0.4, 0.5) is 0 Å². The number of rotatable bonds is 3. The van der Waals surface area contributed by atoms with Gasteiger partial charge in [0.2, 0.25) is 11.8 Å². The lowest BCUT2D eigenvalue weighted by Crippen LogP contribution is -2.48. The van der Waals surface area contributed by atoms with Crippen LogP contribution in [0.25, 0.3) is 10.8 Å². The van der Waals surface area contributed by atoms with Crippen LogP contribution in [0.1, 0.15) is 50.5 Å². The van der Waals surface area contributed by atoms with Gasteiger partial charge in [0.25, 0.3) is 0 Å². The van der Waals surface area contributed by atoms with Crippen LogP contribution < -0.4 is 0 Å². The van der Waals surface area contributed by atoms with E-state index in [1.54, 1.807) is 4.90 Å². The number of nitrogens with zero attached hydrogens (tertiary/aromatic N) is 2. The van der Waals surface area contributed by atoms with E-state index in [2.05, 4.69) is 30.3 Å². The third-order valence-corrected chi connectivity index (χ3v) is 7.41. The number of carbonyl (C=O) groups excluding carboxylic acids is 3. The van der Waals surface area contributed by atoms with Crippen LogP contribution in [0.3, 0.4) is 0 Å². The Bertz CT molecular complexity index is 1040. The molecule has 6 heteroatoms. The van der Waals surface area contributed by atoms with Gasteiger partial charge in [-0.05, 0) is 48.1 Å². The molecule has 1 unspecified atom stereocenters. The van der Waals surface area contributed by atoms with Crippen LogP contribution in [0.15, 0.2) is 42.5 Å². The molecule has 0 radical (unpaired) electrons. The van der Waals surface area contributed by atoms with Crippen LogP contribution >= 0.6 is 0 Å². The van der Waals surface area contributed by atoms with Crippen molar-refractivity contribution >= 4 is 28.6 Å². The average molecular weight is 435 g/mol. The number of fused-ring (bicyclic) bond motifs is 1. The molecule has 2 heterocycles. The molecule has 1 saturated carbocycles. The number of ether oxygens (including phenoxy) is 1. The first-order chi connectivity index (χ1) is 15.5. The molecule has 3 aliphatic rings. The smallest absolute Gasteiger partial charge is 0.307 e. The topological polar surface area (TPSA) is 66.9 Å². The number of esters is 1. The highest BCUT2D eigenvalue weighted by atomic mass is 16.6. The predicted molar refractivity (Wildman–Crippen MR) is 121 cm³/mol. The molecule has 1 aliphatic carbocycles. The lowest BCUT2D eigenvalue weighted by atomic mass is 9.75. The minimum absolute atomic E-state index is 0.0156. The van der Waals surface area contributed by atoms with E-state index in [-0.39, 0.29) is 24.2 Å². The van der Waals surface area contributed by atoms with E-state index in [4.69, 9.17) is 4.74 Å². The summed E-state index contributed by atoms with van der Waals surface area (Å²) in [5.41, 5.74) is 0.473. The van der Waals surface area contributed by atoms with Crippen molar-refractivity contribution in [1.29, 1.82) is 0 Å². The fourth-order valence-electron chi connectivity index (χ4n) is 5.64. The Kier molecular flexibility index (Phi) is 5.62. The molecule has 32 heavy (non-hydrogen) atoms. The molecule has 1 atom stereocenters. The molecular weight excluding hydrogens is 404 g/mol. The van der Waals surface area contributed by atoms with Crippen LogP contribution in [0.2, 0.25) is 0 Å². The van der Waals surface area contributed by atoms with Crippen molar-refractivity contribution < 1.29 is 19.1 Å². The quantitative estimate of drug-likeness (QED) is 0.692. The summed E-state index contributed by atoms with van der Waals surface area (Å²) < 4.78 is 5.74. The van der Waals surface area contributed by atoms with E-state index in [0.29, 0.717) is 32.6 Å². The Hall–Kier alpha value is -2.89. The Labute approximate surface area is 188 Å². The first-order valence-corrected chi connectivity index (χ1v) is 11.8. The Morgan fingerprint density at radius 1 is 0.969 bits per heavy atom. The lowest BCUT2D eigenvalue weighted by Gasteiger charge is -2.37. The summed E-state index contributed by atoms with van der Waals surface area (Å²) in [5.74, 6) is -0.607. The zero-order valence-corrected chi connectivity index (χ0v) is 18.4. The molecule has 6 nitrogen and oxygen atoms in total. The first kappa shape index (κ1) is 21.0. The zero-order valence-electron chi connectivity index (χ0n) is 18.4. The Balaban J connectivity index is 1.27. The maximum Gasteiger partial charge on any atom is 0.307 e. The van der Waals surface area contributed by atoms with Crippen LogP contribution in [0.5, 0.6) is 0 Å². The van der Waals surface area contributed by atoms with E-state index in [1.165, 1.54) is 5.39 Å². The fraction of sp³-hybridized carbons (Fsp3) is 0.500. The minimum Gasteiger partial charge on any atom is -0.458 e. The van der Waals surface area contributed by atoms with E-state index in [0.717, 1.165) is 43.1 Å². The van der Waals surface area contributed by atoms with Gasteiger partial charge in [-0.25, -0.2) is 0 Å². The van der Waals surface area contributed by atoms with E-state index in [1.807, 2.05) is 17.0 Å². The number of hydrogen-bond donors (Lipinski definition) is 0. The van der Waals surface area contributed by atoms with Gasteiger partial charge in [0.15, 0.2) is 0 Å². The molecule has 0 bridgehead atoms. The molecule has 2 aromatic carbocycles. The van der Waals surface area contributed by atoms with Crippen molar-refractivity contribution in [2.24, 2.45) is 5.92 Å². The van der Waals surface area contributed by atoms with Crippen molar-refractivity contribution in [3.63, 3.8) is 0 Å². The molecule has 5 rings (SSSR count). The van der Waals surface area contributed by atoms with Gasteiger partial charge < -0.3 is 14.5 Å².